The van der Waals surface area contributed by atoms with E-state index < -0.39 is 0 Å². The standard InChI is InChI=1S/C31H30FN3O3/c1-20-3-10-27-28-16-22(4-11-29(28)35-30(27)15-20)19-37-26-9-12-31(38-25-7-5-24(32)6-8-25)23(17-26)18-33-13-14-34-21(2)36/h3-12,15-17,33,35H,13-14,18-19H2,1-2H3,(H,34,36). The van der Waals surface area contributed by atoms with E-state index in [1.54, 1.807) is 12.1 Å². The molecule has 0 saturated carbocycles. The molecule has 5 aromatic rings. The minimum Gasteiger partial charge on any atom is -0.489 e. The van der Waals surface area contributed by atoms with E-state index in [-0.39, 0.29) is 11.7 Å². The lowest BCUT2D eigenvalue weighted by Crippen LogP contribution is -2.29. The summed E-state index contributed by atoms with van der Waals surface area (Å²) in [6.07, 6.45) is 0. The van der Waals surface area contributed by atoms with E-state index >= 15 is 0 Å². The molecular weight excluding hydrogens is 481 g/mol. The van der Waals surface area contributed by atoms with Crippen molar-refractivity contribution in [1.29, 1.82) is 0 Å². The number of nitrogens with one attached hydrogen (secondary N) is 3. The number of aromatic nitrogens is 1. The van der Waals surface area contributed by atoms with E-state index in [9.17, 15) is 9.18 Å². The molecule has 4 aromatic carbocycles. The smallest absolute Gasteiger partial charge is 0.216 e. The van der Waals surface area contributed by atoms with Gasteiger partial charge in [-0.05, 0) is 78.7 Å². The molecule has 1 heterocycles. The lowest BCUT2D eigenvalue weighted by Gasteiger charge is -2.15. The van der Waals surface area contributed by atoms with Crippen LogP contribution in [-0.2, 0) is 17.9 Å². The summed E-state index contributed by atoms with van der Waals surface area (Å²) < 4.78 is 25.5. The third kappa shape index (κ3) is 6.12. The van der Waals surface area contributed by atoms with Crippen LogP contribution in [0.3, 0.4) is 0 Å². The largest absolute Gasteiger partial charge is 0.489 e. The Kier molecular flexibility index (Phi) is 7.56. The van der Waals surface area contributed by atoms with E-state index in [1.165, 1.54) is 35.4 Å². The van der Waals surface area contributed by atoms with Gasteiger partial charge in [0.25, 0.3) is 0 Å². The highest BCUT2D eigenvalue weighted by Gasteiger charge is 2.10. The van der Waals surface area contributed by atoms with Crippen molar-refractivity contribution in [2.24, 2.45) is 0 Å². The first-order valence-corrected chi connectivity index (χ1v) is 12.6. The SMILES string of the molecule is CC(=O)NCCNCc1cc(OCc2ccc3[nH]c4cc(C)ccc4c3c2)ccc1Oc1ccc(F)cc1. The Balaban J connectivity index is 1.32. The van der Waals surface area contributed by atoms with E-state index in [0.717, 1.165) is 22.2 Å². The third-order valence-corrected chi connectivity index (χ3v) is 6.29. The second kappa shape index (κ2) is 11.4. The van der Waals surface area contributed by atoms with Gasteiger partial charge in [0.1, 0.15) is 29.7 Å². The number of carbonyl (C=O) groups excluding carboxylic acids is 1. The molecule has 194 valence electrons. The molecule has 3 N–H and O–H groups in total. The van der Waals surface area contributed by atoms with Crippen LogP contribution in [0.2, 0.25) is 0 Å². The zero-order valence-electron chi connectivity index (χ0n) is 21.4. The van der Waals surface area contributed by atoms with Gasteiger partial charge >= 0.3 is 0 Å². The Bertz CT molecular complexity index is 1580. The van der Waals surface area contributed by atoms with Crippen molar-refractivity contribution in [3.63, 3.8) is 0 Å². The fraction of sp³-hybridized carbons (Fsp3) is 0.194. The summed E-state index contributed by atoms with van der Waals surface area (Å²) in [6, 6.07) is 24.3. The Morgan fingerprint density at radius 3 is 2.50 bits per heavy atom. The summed E-state index contributed by atoms with van der Waals surface area (Å²) >= 11 is 0. The molecule has 7 heteroatoms. The molecule has 5 rings (SSSR count). The highest BCUT2D eigenvalue weighted by atomic mass is 19.1. The number of H-pyrrole nitrogens is 1. The monoisotopic (exact) mass is 511 g/mol. The Hall–Kier alpha value is -4.36. The number of carbonyl (C=O) groups is 1. The topological polar surface area (TPSA) is 75.4 Å². The van der Waals surface area contributed by atoms with Crippen LogP contribution in [0.4, 0.5) is 4.39 Å². The van der Waals surface area contributed by atoms with E-state index in [0.29, 0.717) is 43.5 Å². The maximum atomic E-state index is 13.3. The van der Waals surface area contributed by atoms with Gasteiger partial charge in [0.2, 0.25) is 5.91 Å². The van der Waals surface area contributed by atoms with Gasteiger partial charge < -0.3 is 25.1 Å². The minimum absolute atomic E-state index is 0.0662. The van der Waals surface area contributed by atoms with Crippen LogP contribution in [0.25, 0.3) is 21.8 Å². The molecule has 0 saturated heterocycles. The summed E-state index contributed by atoms with van der Waals surface area (Å²) in [4.78, 5) is 14.6. The molecule has 0 radical (unpaired) electrons. The number of hydrogen-bond donors (Lipinski definition) is 3. The normalized spacial score (nSPS) is 11.1. The summed E-state index contributed by atoms with van der Waals surface area (Å²) in [5, 5.41) is 8.46. The molecule has 0 unspecified atom stereocenters. The van der Waals surface area contributed by atoms with Gasteiger partial charge in [0, 0.05) is 53.9 Å². The van der Waals surface area contributed by atoms with Gasteiger partial charge in [-0.15, -0.1) is 0 Å². The first kappa shape index (κ1) is 25.3. The highest BCUT2D eigenvalue weighted by Crippen LogP contribution is 2.30. The highest BCUT2D eigenvalue weighted by molar-refractivity contribution is 6.07. The molecule has 6 nitrogen and oxygen atoms in total. The van der Waals surface area contributed by atoms with Crippen molar-refractivity contribution >= 4 is 27.7 Å². The predicted octanol–water partition coefficient (Wildman–Crippen LogP) is 6.37. The number of fused-ring (bicyclic) bond motifs is 3. The lowest BCUT2D eigenvalue weighted by atomic mass is 10.1. The van der Waals surface area contributed by atoms with Crippen LogP contribution in [0.1, 0.15) is 23.6 Å². The van der Waals surface area contributed by atoms with Crippen LogP contribution >= 0.6 is 0 Å². The van der Waals surface area contributed by atoms with E-state index in [2.05, 4.69) is 58.9 Å². The van der Waals surface area contributed by atoms with Gasteiger partial charge in [-0.3, -0.25) is 4.79 Å². The molecule has 38 heavy (non-hydrogen) atoms. The Morgan fingerprint density at radius 1 is 0.868 bits per heavy atom. The van der Waals surface area contributed by atoms with Gasteiger partial charge in [-0.25, -0.2) is 4.39 Å². The molecule has 0 aliphatic carbocycles. The summed E-state index contributed by atoms with van der Waals surface area (Å²) in [5.74, 6) is 1.52. The first-order chi connectivity index (χ1) is 18.4. The van der Waals surface area contributed by atoms with Crippen molar-refractivity contribution in [3.8, 4) is 17.2 Å². The quantitative estimate of drug-likeness (QED) is 0.191. The molecule has 0 atom stereocenters. The summed E-state index contributed by atoms with van der Waals surface area (Å²) in [5.41, 5.74) is 5.41. The van der Waals surface area contributed by atoms with Crippen molar-refractivity contribution in [1.82, 2.24) is 15.6 Å². The van der Waals surface area contributed by atoms with Gasteiger partial charge in [0.05, 0.1) is 0 Å². The zero-order valence-corrected chi connectivity index (χ0v) is 21.4. The molecule has 0 spiro atoms. The maximum absolute atomic E-state index is 13.3. The van der Waals surface area contributed by atoms with Crippen LogP contribution in [0, 0.1) is 12.7 Å². The summed E-state index contributed by atoms with van der Waals surface area (Å²) in [7, 11) is 0. The average Bonchev–Trinajstić information content (AvgIpc) is 3.26. The lowest BCUT2D eigenvalue weighted by molar-refractivity contribution is -0.118. The molecule has 0 aliphatic rings. The number of benzene rings is 4. The number of aromatic amines is 1. The van der Waals surface area contributed by atoms with Gasteiger partial charge in [0.15, 0.2) is 0 Å². The molecular formula is C31H30FN3O3. The molecule has 0 bridgehead atoms. The molecule has 0 fully saturated rings. The van der Waals surface area contributed by atoms with Gasteiger partial charge in [-0.1, -0.05) is 18.2 Å². The van der Waals surface area contributed by atoms with Crippen molar-refractivity contribution < 1.29 is 18.7 Å². The molecule has 1 amide bonds. The fourth-order valence-electron chi connectivity index (χ4n) is 4.38. The average molecular weight is 512 g/mol. The van der Waals surface area contributed by atoms with Crippen LogP contribution < -0.4 is 20.1 Å². The minimum atomic E-state index is -0.318. The van der Waals surface area contributed by atoms with E-state index in [4.69, 9.17) is 9.47 Å². The molecule has 1 aromatic heterocycles. The van der Waals surface area contributed by atoms with Crippen molar-refractivity contribution in [2.45, 2.75) is 27.0 Å². The summed E-state index contributed by atoms with van der Waals surface area (Å²) in [6.45, 7) is 5.64. The number of rotatable bonds is 10. The number of amides is 1. The van der Waals surface area contributed by atoms with Crippen LogP contribution in [-0.4, -0.2) is 24.0 Å². The molecule has 0 aliphatic heterocycles. The Labute approximate surface area is 220 Å². The zero-order chi connectivity index (χ0) is 26.5. The van der Waals surface area contributed by atoms with Crippen LogP contribution in [0.15, 0.2) is 78.9 Å². The van der Waals surface area contributed by atoms with Gasteiger partial charge in [-0.2, -0.15) is 0 Å². The second-order valence-electron chi connectivity index (χ2n) is 9.33. The second-order valence-corrected chi connectivity index (χ2v) is 9.33. The number of halogens is 1. The predicted molar refractivity (Wildman–Crippen MR) is 148 cm³/mol. The van der Waals surface area contributed by atoms with Crippen molar-refractivity contribution in [3.05, 3.63) is 101 Å². The van der Waals surface area contributed by atoms with Crippen molar-refractivity contribution in [2.75, 3.05) is 13.1 Å². The number of ether oxygens (including phenoxy) is 2. The van der Waals surface area contributed by atoms with E-state index in [1.807, 2.05) is 18.2 Å². The fourth-order valence-corrected chi connectivity index (χ4v) is 4.38. The first-order valence-electron chi connectivity index (χ1n) is 12.6. The number of hydrogen-bond acceptors (Lipinski definition) is 4. The third-order valence-electron chi connectivity index (χ3n) is 6.29. The Morgan fingerprint density at radius 2 is 1.68 bits per heavy atom. The maximum Gasteiger partial charge on any atom is 0.216 e. The van der Waals surface area contributed by atoms with Crippen LogP contribution in [0.5, 0.6) is 17.2 Å². The number of aryl methyl sites for hydroxylation is 1.